The lowest BCUT2D eigenvalue weighted by Gasteiger charge is -2.32. The lowest BCUT2D eigenvalue weighted by Crippen LogP contribution is -2.36. The van der Waals surface area contributed by atoms with E-state index < -0.39 is 0 Å². The number of hydrogen-bond donors (Lipinski definition) is 1. The first kappa shape index (κ1) is 17.1. The average Bonchev–Trinajstić information content (AvgIpc) is 3.10. The number of benzene rings is 2. The summed E-state index contributed by atoms with van der Waals surface area (Å²) in [7, 11) is 0. The molecule has 2 heteroatoms. The van der Waals surface area contributed by atoms with Gasteiger partial charge in [-0.25, -0.2) is 0 Å². The monoisotopic (exact) mass is 344 g/mol. The van der Waals surface area contributed by atoms with Gasteiger partial charge in [-0.1, -0.05) is 54.6 Å². The Kier molecular flexibility index (Phi) is 5.21. The van der Waals surface area contributed by atoms with Crippen molar-refractivity contribution >= 4 is 16.5 Å². The molecule has 0 radical (unpaired) electrons. The van der Waals surface area contributed by atoms with E-state index in [1.54, 1.807) is 0 Å². The number of para-hydroxylation sites is 1. The standard InChI is InChI=1S/C24H28N2/c1-19-17-21(20-9-3-2-4-10-20)14-16-26(19)15-8-7-11-22-18-25-24-13-6-5-12-23(22)24/h2-6,9-10,12-13,17-19,25H,7-8,11,14-16H2,1H3. The SMILES string of the molecule is CC1C=C(c2ccccc2)CCN1CCCCc1c[nH]c2ccccc12. The van der Waals surface area contributed by atoms with Crippen molar-refractivity contribution in [2.24, 2.45) is 0 Å². The summed E-state index contributed by atoms with van der Waals surface area (Å²) in [5.41, 5.74) is 5.61. The summed E-state index contributed by atoms with van der Waals surface area (Å²) >= 11 is 0. The summed E-state index contributed by atoms with van der Waals surface area (Å²) in [5, 5.41) is 1.38. The van der Waals surface area contributed by atoms with E-state index in [1.165, 1.54) is 53.5 Å². The average molecular weight is 345 g/mol. The van der Waals surface area contributed by atoms with Crippen LogP contribution < -0.4 is 0 Å². The van der Waals surface area contributed by atoms with Crippen molar-refractivity contribution in [2.75, 3.05) is 13.1 Å². The van der Waals surface area contributed by atoms with Gasteiger partial charge in [-0.3, -0.25) is 4.90 Å². The first-order valence-electron chi connectivity index (χ1n) is 9.86. The molecular formula is C24H28N2. The summed E-state index contributed by atoms with van der Waals surface area (Å²) in [6, 6.07) is 20.0. The minimum absolute atomic E-state index is 0.534. The Balaban J connectivity index is 1.28. The largest absolute Gasteiger partial charge is 0.361 e. The van der Waals surface area contributed by atoms with Crippen LogP contribution >= 0.6 is 0 Å². The van der Waals surface area contributed by atoms with Crippen LogP contribution in [0.4, 0.5) is 0 Å². The molecule has 0 saturated heterocycles. The molecule has 0 amide bonds. The topological polar surface area (TPSA) is 19.0 Å². The molecule has 2 heterocycles. The first-order valence-corrected chi connectivity index (χ1v) is 9.86. The van der Waals surface area contributed by atoms with Gasteiger partial charge in [-0.05, 0) is 61.9 Å². The van der Waals surface area contributed by atoms with Gasteiger partial charge < -0.3 is 4.98 Å². The smallest absolute Gasteiger partial charge is 0.0456 e. The zero-order valence-corrected chi connectivity index (χ0v) is 15.6. The molecule has 0 aliphatic carbocycles. The van der Waals surface area contributed by atoms with E-state index in [0.717, 1.165) is 12.8 Å². The van der Waals surface area contributed by atoms with Crippen LogP contribution in [-0.2, 0) is 6.42 Å². The highest BCUT2D eigenvalue weighted by molar-refractivity contribution is 5.83. The van der Waals surface area contributed by atoms with E-state index in [0.29, 0.717) is 6.04 Å². The Hall–Kier alpha value is -2.32. The molecule has 1 atom stereocenters. The van der Waals surface area contributed by atoms with Crippen LogP contribution in [0.1, 0.15) is 37.3 Å². The van der Waals surface area contributed by atoms with Crippen molar-refractivity contribution in [2.45, 2.75) is 38.6 Å². The maximum Gasteiger partial charge on any atom is 0.0456 e. The summed E-state index contributed by atoms with van der Waals surface area (Å²) < 4.78 is 0. The number of unbranched alkanes of at least 4 members (excludes halogenated alkanes) is 1. The molecule has 1 aliphatic heterocycles. The molecule has 0 spiro atoms. The lowest BCUT2D eigenvalue weighted by atomic mass is 9.96. The second kappa shape index (κ2) is 7.92. The molecule has 1 aliphatic rings. The fourth-order valence-electron chi connectivity index (χ4n) is 4.12. The molecule has 0 saturated carbocycles. The number of nitrogens with one attached hydrogen (secondary N) is 1. The third-order valence-electron chi connectivity index (χ3n) is 5.65. The van der Waals surface area contributed by atoms with Crippen molar-refractivity contribution in [3.05, 3.63) is 78.0 Å². The maximum atomic E-state index is 3.39. The Bertz CT molecular complexity index is 875. The van der Waals surface area contributed by atoms with Gasteiger partial charge in [0.25, 0.3) is 0 Å². The number of aryl methyl sites for hydroxylation is 1. The highest BCUT2D eigenvalue weighted by Gasteiger charge is 2.18. The van der Waals surface area contributed by atoms with E-state index in [4.69, 9.17) is 0 Å². The molecule has 0 bridgehead atoms. The highest BCUT2D eigenvalue weighted by atomic mass is 15.1. The number of hydrogen-bond acceptors (Lipinski definition) is 1. The van der Waals surface area contributed by atoms with Gasteiger partial charge in [0.1, 0.15) is 0 Å². The quantitative estimate of drug-likeness (QED) is 0.571. The zero-order valence-electron chi connectivity index (χ0n) is 15.6. The molecule has 26 heavy (non-hydrogen) atoms. The third kappa shape index (κ3) is 3.76. The summed E-state index contributed by atoms with van der Waals surface area (Å²) in [6.07, 6.45) is 9.48. The van der Waals surface area contributed by atoms with Crippen LogP contribution in [0.15, 0.2) is 66.9 Å². The maximum absolute atomic E-state index is 3.39. The minimum atomic E-state index is 0.534. The van der Waals surface area contributed by atoms with E-state index >= 15 is 0 Å². The fourth-order valence-corrected chi connectivity index (χ4v) is 4.12. The molecule has 2 nitrogen and oxygen atoms in total. The van der Waals surface area contributed by atoms with Crippen molar-refractivity contribution < 1.29 is 0 Å². The normalized spacial score (nSPS) is 18.2. The highest BCUT2D eigenvalue weighted by Crippen LogP contribution is 2.25. The molecule has 1 aromatic heterocycles. The van der Waals surface area contributed by atoms with E-state index in [2.05, 4.69) is 83.7 Å². The number of H-pyrrole nitrogens is 1. The number of aromatic amines is 1. The second-order valence-corrected chi connectivity index (χ2v) is 7.40. The van der Waals surface area contributed by atoms with Gasteiger partial charge in [-0.15, -0.1) is 0 Å². The number of fused-ring (bicyclic) bond motifs is 1. The van der Waals surface area contributed by atoms with Crippen molar-refractivity contribution in [3.63, 3.8) is 0 Å². The number of rotatable bonds is 6. The van der Waals surface area contributed by atoms with Crippen LogP contribution in [0.3, 0.4) is 0 Å². The molecule has 4 rings (SSSR count). The van der Waals surface area contributed by atoms with Gasteiger partial charge in [0, 0.05) is 29.7 Å². The van der Waals surface area contributed by atoms with Crippen LogP contribution in [0.2, 0.25) is 0 Å². The van der Waals surface area contributed by atoms with Gasteiger partial charge in [-0.2, -0.15) is 0 Å². The van der Waals surface area contributed by atoms with Crippen LogP contribution in [-0.4, -0.2) is 29.0 Å². The minimum Gasteiger partial charge on any atom is -0.361 e. The van der Waals surface area contributed by atoms with E-state index in [-0.39, 0.29) is 0 Å². The Morgan fingerprint density at radius 2 is 1.81 bits per heavy atom. The fraction of sp³-hybridized carbons (Fsp3) is 0.333. The molecule has 2 aromatic carbocycles. The first-order chi connectivity index (χ1) is 12.8. The van der Waals surface area contributed by atoms with Crippen LogP contribution in [0, 0.1) is 0 Å². The van der Waals surface area contributed by atoms with Gasteiger partial charge in [0.05, 0.1) is 0 Å². The van der Waals surface area contributed by atoms with Gasteiger partial charge >= 0.3 is 0 Å². The number of aromatic nitrogens is 1. The van der Waals surface area contributed by atoms with E-state index in [9.17, 15) is 0 Å². The molecule has 0 fully saturated rings. The van der Waals surface area contributed by atoms with Crippen LogP contribution in [0.25, 0.3) is 16.5 Å². The molecule has 134 valence electrons. The van der Waals surface area contributed by atoms with E-state index in [1.807, 2.05) is 0 Å². The predicted octanol–water partition coefficient (Wildman–Crippen LogP) is 5.67. The van der Waals surface area contributed by atoms with Gasteiger partial charge in [0.15, 0.2) is 0 Å². The van der Waals surface area contributed by atoms with Crippen LogP contribution in [0.5, 0.6) is 0 Å². The Morgan fingerprint density at radius 3 is 2.65 bits per heavy atom. The molecule has 3 aromatic rings. The Labute approximate surface area is 156 Å². The van der Waals surface area contributed by atoms with Gasteiger partial charge in [0.2, 0.25) is 0 Å². The second-order valence-electron chi connectivity index (χ2n) is 7.40. The summed E-state index contributed by atoms with van der Waals surface area (Å²) in [6.45, 7) is 4.71. The molecule has 1 unspecified atom stereocenters. The van der Waals surface area contributed by atoms with Crippen molar-refractivity contribution in [1.29, 1.82) is 0 Å². The molecular weight excluding hydrogens is 316 g/mol. The third-order valence-corrected chi connectivity index (χ3v) is 5.65. The zero-order chi connectivity index (χ0) is 17.8. The Morgan fingerprint density at radius 1 is 1.00 bits per heavy atom. The summed E-state index contributed by atoms with van der Waals surface area (Å²) in [4.78, 5) is 6.01. The van der Waals surface area contributed by atoms with Crippen molar-refractivity contribution in [1.82, 2.24) is 9.88 Å². The summed E-state index contributed by atoms with van der Waals surface area (Å²) in [5.74, 6) is 0. The lowest BCUT2D eigenvalue weighted by molar-refractivity contribution is 0.234. The predicted molar refractivity (Wildman–Crippen MR) is 111 cm³/mol. The van der Waals surface area contributed by atoms with Crippen molar-refractivity contribution in [3.8, 4) is 0 Å². The molecule has 1 N–H and O–H groups in total. The number of nitrogens with zero attached hydrogens (tertiary/aromatic N) is 1.